The van der Waals surface area contributed by atoms with Gasteiger partial charge < -0.3 is 10.2 Å². The van der Waals surface area contributed by atoms with E-state index in [4.69, 9.17) is 4.99 Å². The first-order valence-electron chi connectivity index (χ1n) is 11.9. The van der Waals surface area contributed by atoms with Crippen LogP contribution in [0.2, 0.25) is 0 Å². The highest BCUT2D eigenvalue weighted by Crippen LogP contribution is 2.44. The minimum atomic E-state index is -0.211. The van der Waals surface area contributed by atoms with Crippen molar-refractivity contribution in [2.45, 2.75) is 78.6 Å². The highest BCUT2D eigenvalue weighted by atomic mass is 16.3. The summed E-state index contributed by atoms with van der Waals surface area (Å²) in [6, 6.07) is 17.8. The highest BCUT2D eigenvalue weighted by molar-refractivity contribution is 5.90. The van der Waals surface area contributed by atoms with Crippen molar-refractivity contribution in [1.82, 2.24) is 0 Å². The molecule has 0 bridgehead atoms. The molecular weight excluding hydrogens is 418 g/mol. The van der Waals surface area contributed by atoms with Crippen LogP contribution in [0.15, 0.2) is 59.6 Å². The molecule has 0 heterocycles. The number of hydrogen-bond acceptors (Lipinski definition) is 3. The molecule has 2 N–H and O–H groups in total. The van der Waals surface area contributed by atoms with Gasteiger partial charge in [-0.25, -0.2) is 0 Å². The molecule has 0 aliphatic heterocycles. The van der Waals surface area contributed by atoms with E-state index >= 15 is 0 Å². The lowest BCUT2D eigenvalue weighted by Crippen LogP contribution is -2.17. The van der Waals surface area contributed by atoms with Crippen LogP contribution in [0.5, 0.6) is 11.5 Å². The van der Waals surface area contributed by atoms with Gasteiger partial charge in [-0.15, -0.1) is 0 Å². The SMILES string of the molecule is CC(C)(C)c1cc(-c2ccccc2N=Cc2cccc(C(C)(C)C)c2O)c(O)c(C(C)(C)C)c1. The molecule has 180 valence electrons. The average Bonchev–Trinajstić information content (AvgIpc) is 2.71. The highest BCUT2D eigenvalue weighted by Gasteiger charge is 2.26. The normalized spacial score (nSPS) is 13.0. The lowest BCUT2D eigenvalue weighted by molar-refractivity contribution is 0.445. The largest absolute Gasteiger partial charge is 0.507 e. The third-order valence-electron chi connectivity index (χ3n) is 6.20. The van der Waals surface area contributed by atoms with Gasteiger partial charge in [-0.05, 0) is 45.6 Å². The predicted molar refractivity (Wildman–Crippen MR) is 145 cm³/mol. The van der Waals surface area contributed by atoms with Gasteiger partial charge in [0.1, 0.15) is 11.5 Å². The molecule has 0 unspecified atom stereocenters. The molecular formula is C31H39NO2. The van der Waals surface area contributed by atoms with E-state index in [1.807, 2.05) is 42.5 Å². The number of aliphatic imine (C=N–C) groups is 1. The molecule has 0 saturated carbocycles. The van der Waals surface area contributed by atoms with E-state index < -0.39 is 0 Å². The van der Waals surface area contributed by atoms with Crippen molar-refractivity contribution in [2.75, 3.05) is 0 Å². The third-order valence-corrected chi connectivity index (χ3v) is 6.20. The number of nitrogens with zero attached hydrogens (tertiary/aromatic N) is 1. The summed E-state index contributed by atoms with van der Waals surface area (Å²) in [6.45, 7) is 19.1. The Morgan fingerprint density at radius 1 is 0.618 bits per heavy atom. The second-order valence-electron chi connectivity index (χ2n) is 12.2. The molecule has 0 aromatic heterocycles. The minimum absolute atomic E-state index is 0.0696. The average molecular weight is 458 g/mol. The summed E-state index contributed by atoms with van der Waals surface area (Å²) in [4.78, 5) is 4.77. The first-order valence-corrected chi connectivity index (χ1v) is 11.9. The van der Waals surface area contributed by atoms with E-state index in [1.165, 1.54) is 5.56 Å². The van der Waals surface area contributed by atoms with E-state index in [2.05, 4.69) is 74.4 Å². The summed E-state index contributed by atoms with van der Waals surface area (Å²) >= 11 is 0. The monoisotopic (exact) mass is 457 g/mol. The van der Waals surface area contributed by atoms with Crippen LogP contribution in [0.4, 0.5) is 5.69 Å². The zero-order valence-corrected chi connectivity index (χ0v) is 22.1. The fourth-order valence-corrected chi connectivity index (χ4v) is 4.07. The first kappa shape index (κ1) is 25.6. The molecule has 0 amide bonds. The quantitative estimate of drug-likeness (QED) is 0.388. The third kappa shape index (κ3) is 5.35. The number of para-hydroxylation sites is 2. The molecule has 3 rings (SSSR count). The van der Waals surface area contributed by atoms with Gasteiger partial charge in [-0.1, -0.05) is 98.7 Å². The topological polar surface area (TPSA) is 52.8 Å². The Morgan fingerprint density at radius 3 is 1.82 bits per heavy atom. The number of benzene rings is 3. The zero-order valence-electron chi connectivity index (χ0n) is 22.1. The Bertz CT molecular complexity index is 1220. The number of rotatable bonds is 3. The molecule has 0 radical (unpaired) electrons. The Labute approximate surface area is 205 Å². The molecule has 34 heavy (non-hydrogen) atoms. The van der Waals surface area contributed by atoms with Crippen LogP contribution in [-0.4, -0.2) is 16.4 Å². The van der Waals surface area contributed by atoms with Gasteiger partial charge in [0.25, 0.3) is 0 Å². The molecule has 3 aromatic rings. The molecule has 3 nitrogen and oxygen atoms in total. The van der Waals surface area contributed by atoms with Crippen molar-refractivity contribution in [3.63, 3.8) is 0 Å². The standard InChI is InChI=1S/C31H39NO2/c1-29(2,3)21-17-23(28(34)25(18-21)31(7,8)9)22-14-10-11-16-26(22)32-19-20-13-12-15-24(27(20)33)30(4,5)6/h10-19,33-34H,1-9H3. The van der Waals surface area contributed by atoms with Crippen molar-refractivity contribution in [2.24, 2.45) is 4.99 Å². The van der Waals surface area contributed by atoms with Crippen molar-refractivity contribution >= 4 is 11.9 Å². The van der Waals surface area contributed by atoms with Crippen molar-refractivity contribution in [1.29, 1.82) is 0 Å². The Kier molecular flexibility index (Phi) is 6.72. The number of phenols is 2. The number of phenolic OH excluding ortho intramolecular Hbond substituents is 2. The Balaban J connectivity index is 2.18. The van der Waals surface area contributed by atoms with Gasteiger partial charge >= 0.3 is 0 Å². The van der Waals surface area contributed by atoms with E-state index in [0.717, 1.165) is 27.9 Å². The van der Waals surface area contributed by atoms with Crippen LogP contribution in [0.1, 0.15) is 84.6 Å². The van der Waals surface area contributed by atoms with Gasteiger partial charge in [0.05, 0.1) is 5.69 Å². The van der Waals surface area contributed by atoms with Crippen LogP contribution in [-0.2, 0) is 16.2 Å². The van der Waals surface area contributed by atoms with E-state index in [9.17, 15) is 10.2 Å². The van der Waals surface area contributed by atoms with Crippen LogP contribution in [0.3, 0.4) is 0 Å². The van der Waals surface area contributed by atoms with Gasteiger partial charge in [0.2, 0.25) is 0 Å². The van der Waals surface area contributed by atoms with E-state index in [1.54, 1.807) is 6.21 Å². The van der Waals surface area contributed by atoms with Crippen LogP contribution >= 0.6 is 0 Å². The summed E-state index contributed by atoms with van der Waals surface area (Å²) in [5.74, 6) is 0.546. The van der Waals surface area contributed by atoms with E-state index in [-0.39, 0.29) is 22.0 Å². The maximum Gasteiger partial charge on any atom is 0.128 e. The molecule has 0 spiro atoms. The number of aromatic hydroxyl groups is 2. The fraction of sp³-hybridized carbons (Fsp3) is 0.387. The second-order valence-corrected chi connectivity index (χ2v) is 12.2. The van der Waals surface area contributed by atoms with Crippen molar-refractivity contribution in [3.8, 4) is 22.6 Å². The van der Waals surface area contributed by atoms with Gasteiger partial charge in [0.15, 0.2) is 0 Å². The Hall–Kier alpha value is -3.07. The molecule has 3 heteroatoms. The fourth-order valence-electron chi connectivity index (χ4n) is 4.07. The van der Waals surface area contributed by atoms with E-state index in [0.29, 0.717) is 11.3 Å². The first-order chi connectivity index (χ1) is 15.6. The van der Waals surface area contributed by atoms with Gasteiger partial charge in [-0.2, -0.15) is 0 Å². The summed E-state index contributed by atoms with van der Waals surface area (Å²) in [5, 5.41) is 22.2. The molecule has 0 saturated heterocycles. The zero-order chi connectivity index (χ0) is 25.5. The minimum Gasteiger partial charge on any atom is -0.507 e. The van der Waals surface area contributed by atoms with Crippen LogP contribution in [0.25, 0.3) is 11.1 Å². The molecule has 0 fully saturated rings. The van der Waals surface area contributed by atoms with Crippen molar-refractivity contribution in [3.05, 3.63) is 76.9 Å². The van der Waals surface area contributed by atoms with Crippen LogP contribution in [0, 0.1) is 0 Å². The number of hydrogen-bond donors (Lipinski definition) is 2. The Morgan fingerprint density at radius 2 is 1.24 bits per heavy atom. The summed E-state index contributed by atoms with van der Waals surface area (Å²) in [6.07, 6.45) is 1.71. The predicted octanol–water partition coefficient (Wildman–Crippen LogP) is 8.41. The second kappa shape index (κ2) is 8.94. The van der Waals surface area contributed by atoms with Gasteiger partial charge in [0, 0.05) is 28.5 Å². The summed E-state index contributed by atoms with van der Waals surface area (Å²) in [7, 11) is 0. The lowest BCUT2D eigenvalue weighted by atomic mass is 9.78. The smallest absolute Gasteiger partial charge is 0.128 e. The maximum atomic E-state index is 11.4. The lowest BCUT2D eigenvalue weighted by Gasteiger charge is -2.28. The maximum absolute atomic E-state index is 11.4. The van der Waals surface area contributed by atoms with Crippen molar-refractivity contribution < 1.29 is 10.2 Å². The molecule has 0 aliphatic carbocycles. The van der Waals surface area contributed by atoms with Gasteiger partial charge in [-0.3, -0.25) is 4.99 Å². The summed E-state index contributed by atoms with van der Waals surface area (Å²) < 4.78 is 0. The molecule has 3 aromatic carbocycles. The molecule has 0 atom stereocenters. The summed E-state index contributed by atoms with van der Waals surface area (Å²) in [5.41, 5.74) is 5.57. The molecule has 0 aliphatic rings. The van der Waals surface area contributed by atoms with Crippen LogP contribution < -0.4 is 0 Å².